The predicted octanol–water partition coefficient (Wildman–Crippen LogP) is 2.41. The molecule has 0 bridgehead atoms. The SMILES string of the molecule is CCOCCCNC(C)CCCCl. The van der Waals surface area contributed by atoms with Gasteiger partial charge >= 0.3 is 0 Å². The molecule has 0 aromatic rings. The van der Waals surface area contributed by atoms with E-state index in [-0.39, 0.29) is 0 Å². The molecule has 0 saturated heterocycles. The van der Waals surface area contributed by atoms with Crippen LogP contribution >= 0.6 is 11.6 Å². The van der Waals surface area contributed by atoms with Gasteiger partial charge in [-0.05, 0) is 39.7 Å². The van der Waals surface area contributed by atoms with Gasteiger partial charge in [-0.25, -0.2) is 0 Å². The maximum atomic E-state index is 5.60. The minimum Gasteiger partial charge on any atom is -0.382 e. The standard InChI is InChI=1S/C10H22ClNO/c1-3-13-9-5-8-12-10(2)6-4-7-11/h10,12H,3-9H2,1-2H3. The molecule has 0 aromatic heterocycles. The van der Waals surface area contributed by atoms with Crippen molar-refractivity contribution in [1.29, 1.82) is 0 Å². The summed E-state index contributed by atoms with van der Waals surface area (Å²) in [6, 6.07) is 0.584. The molecule has 13 heavy (non-hydrogen) atoms. The van der Waals surface area contributed by atoms with Crippen LogP contribution in [0.25, 0.3) is 0 Å². The first-order valence-electron chi connectivity index (χ1n) is 5.18. The van der Waals surface area contributed by atoms with Crippen LogP contribution in [0.1, 0.15) is 33.1 Å². The number of alkyl halides is 1. The second-order valence-electron chi connectivity index (χ2n) is 3.24. The Morgan fingerprint density at radius 3 is 2.77 bits per heavy atom. The molecule has 0 heterocycles. The maximum Gasteiger partial charge on any atom is 0.0477 e. The fourth-order valence-corrected chi connectivity index (χ4v) is 1.31. The van der Waals surface area contributed by atoms with Crippen molar-refractivity contribution in [3.63, 3.8) is 0 Å². The third-order valence-electron chi connectivity index (χ3n) is 1.93. The van der Waals surface area contributed by atoms with Gasteiger partial charge in [0, 0.05) is 25.1 Å². The number of hydrogen-bond donors (Lipinski definition) is 1. The van der Waals surface area contributed by atoms with Gasteiger partial charge in [-0.1, -0.05) is 0 Å². The van der Waals surface area contributed by atoms with E-state index in [0.717, 1.165) is 44.9 Å². The molecule has 0 aliphatic carbocycles. The van der Waals surface area contributed by atoms with Crippen molar-refractivity contribution in [2.75, 3.05) is 25.6 Å². The second kappa shape index (κ2) is 10.3. The van der Waals surface area contributed by atoms with Gasteiger partial charge in [0.05, 0.1) is 0 Å². The molecule has 0 saturated carbocycles. The van der Waals surface area contributed by atoms with Crippen LogP contribution in [-0.2, 0) is 4.74 Å². The zero-order chi connectivity index (χ0) is 9.94. The normalized spacial score (nSPS) is 13.2. The van der Waals surface area contributed by atoms with E-state index >= 15 is 0 Å². The minimum absolute atomic E-state index is 0.584. The Morgan fingerprint density at radius 2 is 2.15 bits per heavy atom. The average molecular weight is 208 g/mol. The van der Waals surface area contributed by atoms with Gasteiger partial charge in [-0.15, -0.1) is 11.6 Å². The minimum atomic E-state index is 0.584. The summed E-state index contributed by atoms with van der Waals surface area (Å²) in [6.07, 6.45) is 3.36. The highest BCUT2D eigenvalue weighted by molar-refractivity contribution is 6.17. The third kappa shape index (κ3) is 10.1. The third-order valence-corrected chi connectivity index (χ3v) is 2.20. The van der Waals surface area contributed by atoms with Crippen LogP contribution in [0.3, 0.4) is 0 Å². The summed E-state index contributed by atoms with van der Waals surface area (Å²) in [4.78, 5) is 0. The van der Waals surface area contributed by atoms with E-state index in [1.165, 1.54) is 0 Å². The predicted molar refractivity (Wildman–Crippen MR) is 58.5 cm³/mol. The topological polar surface area (TPSA) is 21.3 Å². The van der Waals surface area contributed by atoms with E-state index in [1.54, 1.807) is 0 Å². The van der Waals surface area contributed by atoms with Crippen molar-refractivity contribution in [3.05, 3.63) is 0 Å². The number of halogens is 1. The lowest BCUT2D eigenvalue weighted by Crippen LogP contribution is -2.27. The highest BCUT2D eigenvalue weighted by Gasteiger charge is 1.99. The van der Waals surface area contributed by atoms with E-state index in [1.807, 2.05) is 6.92 Å². The van der Waals surface area contributed by atoms with Gasteiger partial charge in [-0.3, -0.25) is 0 Å². The number of hydrogen-bond acceptors (Lipinski definition) is 2. The van der Waals surface area contributed by atoms with Gasteiger partial charge in [0.15, 0.2) is 0 Å². The van der Waals surface area contributed by atoms with Gasteiger partial charge in [0.2, 0.25) is 0 Å². The lowest BCUT2D eigenvalue weighted by atomic mass is 10.2. The summed E-state index contributed by atoms with van der Waals surface area (Å²) < 4.78 is 5.24. The molecule has 0 amide bonds. The number of nitrogens with one attached hydrogen (secondary N) is 1. The Kier molecular flexibility index (Phi) is 10.5. The molecule has 0 radical (unpaired) electrons. The monoisotopic (exact) mass is 207 g/mol. The van der Waals surface area contributed by atoms with Crippen molar-refractivity contribution in [3.8, 4) is 0 Å². The summed E-state index contributed by atoms with van der Waals surface area (Å²) in [5.74, 6) is 0.769. The molecular formula is C10H22ClNO. The number of ether oxygens (including phenoxy) is 1. The summed E-state index contributed by atoms with van der Waals surface area (Å²) >= 11 is 5.60. The lowest BCUT2D eigenvalue weighted by Gasteiger charge is -2.12. The van der Waals surface area contributed by atoms with Gasteiger partial charge in [-0.2, -0.15) is 0 Å². The van der Waals surface area contributed by atoms with Crippen LogP contribution in [0.2, 0.25) is 0 Å². The van der Waals surface area contributed by atoms with Crippen molar-refractivity contribution in [1.82, 2.24) is 5.32 Å². The van der Waals surface area contributed by atoms with Crippen LogP contribution in [0.5, 0.6) is 0 Å². The van der Waals surface area contributed by atoms with Crippen molar-refractivity contribution in [2.45, 2.75) is 39.2 Å². The zero-order valence-electron chi connectivity index (χ0n) is 8.81. The van der Waals surface area contributed by atoms with Crippen LogP contribution in [-0.4, -0.2) is 31.7 Å². The first-order valence-corrected chi connectivity index (χ1v) is 5.71. The fourth-order valence-electron chi connectivity index (χ4n) is 1.15. The van der Waals surface area contributed by atoms with Crippen LogP contribution in [0.15, 0.2) is 0 Å². The fraction of sp³-hybridized carbons (Fsp3) is 1.00. The van der Waals surface area contributed by atoms with E-state index in [2.05, 4.69) is 12.2 Å². The Balaban J connectivity index is 3.03. The Labute approximate surface area is 87.0 Å². The molecule has 1 atom stereocenters. The first-order chi connectivity index (χ1) is 6.31. The molecule has 3 heteroatoms. The zero-order valence-corrected chi connectivity index (χ0v) is 9.57. The summed E-state index contributed by atoms with van der Waals surface area (Å²) in [5, 5.41) is 3.44. The van der Waals surface area contributed by atoms with E-state index in [0.29, 0.717) is 6.04 Å². The molecule has 80 valence electrons. The van der Waals surface area contributed by atoms with E-state index in [4.69, 9.17) is 16.3 Å². The Bertz CT molecular complexity index is 101. The molecule has 2 nitrogen and oxygen atoms in total. The summed E-state index contributed by atoms with van der Waals surface area (Å²) in [5.41, 5.74) is 0. The number of rotatable bonds is 9. The molecule has 1 unspecified atom stereocenters. The molecule has 0 aliphatic heterocycles. The average Bonchev–Trinajstić information content (AvgIpc) is 2.14. The molecule has 0 rings (SSSR count). The van der Waals surface area contributed by atoms with E-state index < -0.39 is 0 Å². The summed E-state index contributed by atoms with van der Waals surface area (Å²) in [6.45, 7) is 6.96. The van der Waals surface area contributed by atoms with Gasteiger partial charge in [0.1, 0.15) is 0 Å². The summed E-state index contributed by atoms with van der Waals surface area (Å²) in [7, 11) is 0. The van der Waals surface area contributed by atoms with Crippen molar-refractivity contribution in [2.24, 2.45) is 0 Å². The van der Waals surface area contributed by atoms with Crippen LogP contribution < -0.4 is 5.32 Å². The van der Waals surface area contributed by atoms with Crippen LogP contribution in [0, 0.1) is 0 Å². The maximum absolute atomic E-state index is 5.60. The smallest absolute Gasteiger partial charge is 0.0477 e. The van der Waals surface area contributed by atoms with Crippen molar-refractivity contribution < 1.29 is 4.74 Å². The molecule has 1 N–H and O–H groups in total. The molecule has 0 spiro atoms. The highest BCUT2D eigenvalue weighted by Crippen LogP contribution is 1.97. The van der Waals surface area contributed by atoms with Crippen LogP contribution in [0.4, 0.5) is 0 Å². The molecule has 0 fully saturated rings. The Morgan fingerprint density at radius 1 is 1.38 bits per heavy atom. The molecule has 0 aliphatic rings. The molecular weight excluding hydrogens is 186 g/mol. The lowest BCUT2D eigenvalue weighted by molar-refractivity contribution is 0.144. The van der Waals surface area contributed by atoms with Crippen molar-refractivity contribution >= 4 is 11.6 Å². The molecule has 0 aromatic carbocycles. The van der Waals surface area contributed by atoms with E-state index in [9.17, 15) is 0 Å². The quantitative estimate of drug-likeness (QED) is 0.463. The Hall–Kier alpha value is 0.210. The first kappa shape index (κ1) is 13.2. The second-order valence-corrected chi connectivity index (χ2v) is 3.61. The van der Waals surface area contributed by atoms with Gasteiger partial charge in [0.25, 0.3) is 0 Å². The highest BCUT2D eigenvalue weighted by atomic mass is 35.5. The van der Waals surface area contributed by atoms with Gasteiger partial charge < -0.3 is 10.1 Å². The largest absolute Gasteiger partial charge is 0.382 e.